The van der Waals surface area contributed by atoms with E-state index in [1.165, 1.54) is 18.1 Å². The number of amides is 2. The van der Waals surface area contributed by atoms with Crippen LogP contribution in [0.5, 0.6) is 5.75 Å². The van der Waals surface area contributed by atoms with Crippen molar-refractivity contribution in [1.82, 2.24) is 0 Å². The van der Waals surface area contributed by atoms with Crippen molar-refractivity contribution in [2.75, 3.05) is 10.2 Å². The van der Waals surface area contributed by atoms with Crippen LogP contribution in [0.2, 0.25) is 0 Å². The predicted octanol–water partition coefficient (Wildman–Crippen LogP) is 4.65. The third-order valence-corrected chi connectivity index (χ3v) is 5.22. The Kier molecular flexibility index (Phi) is 6.23. The molecule has 2 amide bonds. The third kappa shape index (κ3) is 4.43. The van der Waals surface area contributed by atoms with Crippen LogP contribution >= 0.6 is 0 Å². The fourth-order valence-electron chi connectivity index (χ4n) is 3.84. The molecule has 1 aliphatic rings. The number of nitrogens with zero attached hydrogens (tertiary/aromatic N) is 1. The molecule has 1 aromatic heterocycles. The number of benzene rings is 2. The number of anilines is 2. The Balaban J connectivity index is 1.77. The van der Waals surface area contributed by atoms with Gasteiger partial charge in [-0.15, -0.1) is 0 Å². The summed E-state index contributed by atoms with van der Waals surface area (Å²) in [7, 11) is 0. The molecular weight excluding hydrogens is 436 g/mol. The van der Waals surface area contributed by atoms with E-state index in [1.54, 1.807) is 60.7 Å². The largest absolute Gasteiger partial charge is 0.507 e. The summed E-state index contributed by atoms with van der Waals surface area (Å²) in [5.41, 5.74) is 1.25. The number of ketones is 1. The van der Waals surface area contributed by atoms with Gasteiger partial charge in [0.25, 0.3) is 11.7 Å². The van der Waals surface area contributed by atoms with Gasteiger partial charge in [0.15, 0.2) is 0 Å². The number of hydrogen-bond donors (Lipinski definition) is 2. The summed E-state index contributed by atoms with van der Waals surface area (Å²) in [5.74, 6) is -1.22. The fraction of sp³-hybridized carbons (Fsp3) is 0.192. The third-order valence-electron chi connectivity index (χ3n) is 5.22. The maximum absolute atomic E-state index is 13.1. The van der Waals surface area contributed by atoms with Gasteiger partial charge in [-0.05, 0) is 74.5 Å². The molecule has 3 aromatic rings. The number of ether oxygens (including phenoxy) is 1. The van der Waals surface area contributed by atoms with E-state index in [0.29, 0.717) is 28.4 Å². The van der Waals surface area contributed by atoms with Crippen LogP contribution in [-0.4, -0.2) is 28.8 Å². The van der Waals surface area contributed by atoms with Crippen molar-refractivity contribution in [3.63, 3.8) is 0 Å². The quantitative estimate of drug-likeness (QED) is 0.315. The van der Waals surface area contributed by atoms with Gasteiger partial charge in [0, 0.05) is 23.9 Å². The number of rotatable bonds is 6. The summed E-state index contributed by atoms with van der Waals surface area (Å²) in [6.07, 6.45) is 1.42. The van der Waals surface area contributed by atoms with Crippen LogP contribution in [-0.2, 0) is 14.4 Å². The van der Waals surface area contributed by atoms with E-state index < -0.39 is 17.7 Å². The Labute approximate surface area is 196 Å². The van der Waals surface area contributed by atoms with Crippen LogP contribution in [0.3, 0.4) is 0 Å². The normalized spacial score (nSPS) is 17.3. The van der Waals surface area contributed by atoms with Gasteiger partial charge in [0.1, 0.15) is 23.3 Å². The highest BCUT2D eigenvalue weighted by Gasteiger charge is 2.48. The Hall–Kier alpha value is -4.33. The molecule has 1 aliphatic heterocycles. The minimum Gasteiger partial charge on any atom is -0.507 e. The van der Waals surface area contributed by atoms with Crippen LogP contribution < -0.4 is 15.0 Å². The van der Waals surface area contributed by atoms with E-state index >= 15 is 0 Å². The molecule has 4 rings (SSSR count). The summed E-state index contributed by atoms with van der Waals surface area (Å²) in [6.45, 7) is 5.20. The number of furan rings is 1. The number of aliphatic hydroxyl groups is 1. The fourth-order valence-corrected chi connectivity index (χ4v) is 3.84. The molecule has 8 nitrogen and oxygen atoms in total. The summed E-state index contributed by atoms with van der Waals surface area (Å²) < 4.78 is 11.2. The van der Waals surface area contributed by atoms with Gasteiger partial charge in [-0.1, -0.05) is 0 Å². The number of hydrogen-bond acceptors (Lipinski definition) is 6. The first-order valence-electron chi connectivity index (χ1n) is 10.8. The maximum Gasteiger partial charge on any atom is 0.300 e. The van der Waals surface area contributed by atoms with Crippen molar-refractivity contribution in [3.05, 3.63) is 83.8 Å². The van der Waals surface area contributed by atoms with Crippen LogP contribution in [0.15, 0.2) is 76.9 Å². The molecule has 1 saturated heterocycles. The number of carbonyl (C=O) groups is 3. The lowest BCUT2D eigenvalue weighted by atomic mass is 9.99. The van der Waals surface area contributed by atoms with Crippen molar-refractivity contribution >= 4 is 34.7 Å². The molecule has 0 radical (unpaired) electrons. The van der Waals surface area contributed by atoms with E-state index in [1.807, 2.05) is 13.8 Å². The number of aliphatic hydroxyl groups excluding tert-OH is 1. The average Bonchev–Trinajstić information content (AvgIpc) is 3.41. The second-order valence-corrected chi connectivity index (χ2v) is 8.10. The van der Waals surface area contributed by atoms with Gasteiger partial charge in [0.05, 0.1) is 17.9 Å². The topological polar surface area (TPSA) is 109 Å². The number of carbonyl (C=O) groups excluding carboxylic acids is 3. The maximum atomic E-state index is 13.1. The van der Waals surface area contributed by atoms with Crippen molar-refractivity contribution in [3.8, 4) is 5.75 Å². The Morgan fingerprint density at radius 1 is 1.06 bits per heavy atom. The summed E-state index contributed by atoms with van der Waals surface area (Å²) in [5, 5.41) is 13.8. The molecule has 2 aromatic carbocycles. The summed E-state index contributed by atoms with van der Waals surface area (Å²) in [4.78, 5) is 38.8. The van der Waals surface area contributed by atoms with Crippen molar-refractivity contribution < 1.29 is 28.6 Å². The highest BCUT2D eigenvalue weighted by atomic mass is 16.5. The predicted molar refractivity (Wildman–Crippen MR) is 126 cm³/mol. The van der Waals surface area contributed by atoms with Crippen molar-refractivity contribution in [2.45, 2.75) is 32.9 Å². The minimum absolute atomic E-state index is 0.0132. The summed E-state index contributed by atoms with van der Waals surface area (Å²) in [6, 6.07) is 15.4. The van der Waals surface area contributed by atoms with Gasteiger partial charge >= 0.3 is 0 Å². The number of Topliss-reactive ketones (excluding diaryl/α,β-unsaturated/α-hetero) is 1. The average molecular weight is 460 g/mol. The van der Waals surface area contributed by atoms with Crippen LogP contribution in [0.4, 0.5) is 11.4 Å². The van der Waals surface area contributed by atoms with Crippen LogP contribution in [0, 0.1) is 0 Å². The van der Waals surface area contributed by atoms with Crippen LogP contribution in [0.25, 0.3) is 5.76 Å². The lowest BCUT2D eigenvalue weighted by Crippen LogP contribution is -2.29. The molecule has 2 N–H and O–H groups in total. The highest BCUT2D eigenvalue weighted by Crippen LogP contribution is 2.42. The first-order chi connectivity index (χ1) is 16.3. The van der Waals surface area contributed by atoms with Gasteiger partial charge in [-0.3, -0.25) is 19.3 Å². The molecule has 0 spiro atoms. The van der Waals surface area contributed by atoms with Gasteiger partial charge in [-0.25, -0.2) is 0 Å². The smallest absolute Gasteiger partial charge is 0.300 e. The van der Waals surface area contributed by atoms with E-state index in [2.05, 4.69) is 5.32 Å². The zero-order valence-electron chi connectivity index (χ0n) is 18.9. The van der Waals surface area contributed by atoms with E-state index in [-0.39, 0.29) is 23.3 Å². The molecule has 0 bridgehead atoms. The van der Waals surface area contributed by atoms with Gasteiger partial charge in [0.2, 0.25) is 5.91 Å². The lowest BCUT2D eigenvalue weighted by molar-refractivity contribution is -0.132. The molecule has 8 heteroatoms. The zero-order valence-corrected chi connectivity index (χ0v) is 18.9. The van der Waals surface area contributed by atoms with Gasteiger partial charge in [-0.2, -0.15) is 0 Å². The first-order valence-corrected chi connectivity index (χ1v) is 10.8. The Morgan fingerprint density at radius 3 is 2.29 bits per heavy atom. The second kappa shape index (κ2) is 9.27. The second-order valence-electron chi connectivity index (χ2n) is 8.10. The van der Waals surface area contributed by atoms with E-state index in [9.17, 15) is 19.5 Å². The highest BCUT2D eigenvalue weighted by molar-refractivity contribution is 6.51. The molecule has 1 unspecified atom stereocenters. The van der Waals surface area contributed by atoms with Crippen molar-refractivity contribution in [1.29, 1.82) is 0 Å². The van der Waals surface area contributed by atoms with Crippen LogP contribution in [0.1, 0.15) is 38.1 Å². The summed E-state index contributed by atoms with van der Waals surface area (Å²) >= 11 is 0. The monoisotopic (exact) mass is 460 g/mol. The molecular formula is C26H24N2O6. The molecule has 2 heterocycles. The van der Waals surface area contributed by atoms with Crippen molar-refractivity contribution in [2.24, 2.45) is 0 Å². The van der Waals surface area contributed by atoms with E-state index in [4.69, 9.17) is 9.15 Å². The minimum atomic E-state index is -0.965. The molecule has 34 heavy (non-hydrogen) atoms. The van der Waals surface area contributed by atoms with Gasteiger partial charge < -0.3 is 19.6 Å². The number of nitrogens with one attached hydrogen (secondary N) is 1. The zero-order chi connectivity index (χ0) is 24.4. The Bertz CT molecular complexity index is 1240. The molecule has 1 fully saturated rings. The standard InChI is InChI=1S/C26H24N2O6/c1-15(2)34-20-12-6-17(7-13-20)24(30)22-23(21-5-4-14-33-21)28(26(32)25(22)31)19-10-8-18(9-11-19)27-16(3)29/h4-15,23,30H,1-3H3,(H,27,29)/b24-22-. The molecule has 1 atom stereocenters. The molecule has 0 aliphatic carbocycles. The molecule has 0 saturated carbocycles. The first kappa shape index (κ1) is 22.8. The molecule has 174 valence electrons. The lowest BCUT2D eigenvalue weighted by Gasteiger charge is -2.23. The SMILES string of the molecule is CC(=O)Nc1ccc(N2C(=O)C(=O)/C(=C(\O)c3ccc(OC(C)C)cc3)C2c2ccco2)cc1. The Morgan fingerprint density at radius 2 is 1.74 bits per heavy atom. The van der Waals surface area contributed by atoms with E-state index in [0.717, 1.165) is 0 Å².